The number of nitrogens with one attached hydrogen (secondary N) is 1. The van der Waals surface area contributed by atoms with Crippen LogP contribution in [0.1, 0.15) is 72.5 Å². The second-order valence-electron chi connectivity index (χ2n) is 13.0. The third-order valence-corrected chi connectivity index (χ3v) is 9.14. The number of carboxylic acids is 1. The lowest BCUT2D eigenvalue weighted by Gasteiger charge is -2.42. The summed E-state index contributed by atoms with van der Waals surface area (Å²) >= 11 is 0. The number of carbonyl (C=O) groups is 2. The fourth-order valence-electron chi connectivity index (χ4n) is 6.30. The van der Waals surface area contributed by atoms with Gasteiger partial charge in [0.1, 0.15) is 5.75 Å². The van der Waals surface area contributed by atoms with E-state index < -0.39 is 18.4 Å². The van der Waals surface area contributed by atoms with Gasteiger partial charge in [0.15, 0.2) is 6.29 Å². The molecule has 1 amide bonds. The number of benzene rings is 4. The van der Waals surface area contributed by atoms with E-state index in [1.807, 2.05) is 84.7 Å². The zero-order valence-corrected chi connectivity index (χ0v) is 28.4. The number of hydrogen-bond donors (Lipinski definition) is 5. The number of aliphatic hydroxyl groups is 2. The number of carboxylic acid groups (broad SMARTS) is 1. The van der Waals surface area contributed by atoms with Gasteiger partial charge in [0.25, 0.3) is 0 Å². The molecule has 1 saturated heterocycles. The van der Waals surface area contributed by atoms with Crippen molar-refractivity contribution in [3.8, 4) is 16.9 Å². The van der Waals surface area contributed by atoms with Crippen molar-refractivity contribution in [1.82, 2.24) is 10.2 Å². The number of rotatable bonds is 15. The molecule has 5 atom stereocenters. The molecule has 1 aliphatic heterocycles. The van der Waals surface area contributed by atoms with Crippen LogP contribution in [-0.2, 0) is 32.2 Å². The van der Waals surface area contributed by atoms with Gasteiger partial charge in [0, 0.05) is 44.0 Å². The molecule has 264 valence electrons. The summed E-state index contributed by atoms with van der Waals surface area (Å²) in [7, 11) is 1.93. The summed E-state index contributed by atoms with van der Waals surface area (Å²) in [5.74, 6) is -1.04. The Labute approximate surface area is 292 Å². The molecule has 5 N–H and O–H groups in total. The van der Waals surface area contributed by atoms with Crippen molar-refractivity contribution in [2.75, 3.05) is 20.1 Å². The van der Waals surface area contributed by atoms with Gasteiger partial charge in [0.2, 0.25) is 5.91 Å². The Bertz CT molecular complexity index is 1710. The number of likely N-dealkylation sites (N-methyl/N-ethyl adjacent to an activating group) is 1. The molecule has 50 heavy (non-hydrogen) atoms. The highest BCUT2D eigenvalue weighted by atomic mass is 16.7. The molecule has 0 bridgehead atoms. The number of aromatic hydroxyl groups is 1. The molecule has 1 fully saturated rings. The number of phenols is 1. The van der Waals surface area contributed by atoms with Crippen molar-refractivity contribution in [3.05, 3.63) is 125 Å². The molecule has 0 spiro atoms. The normalized spacial score (nSPS) is 19.6. The second kappa shape index (κ2) is 17.4. The Kier molecular flexibility index (Phi) is 12.8. The summed E-state index contributed by atoms with van der Waals surface area (Å²) in [4.78, 5) is 25.1. The molecule has 0 aromatic heterocycles. The Morgan fingerprint density at radius 1 is 0.900 bits per heavy atom. The number of phenolic OH excluding ortho intramolecular Hbond substituents is 1. The molecule has 10 heteroatoms. The van der Waals surface area contributed by atoms with E-state index in [4.69, 9.17) is 14.6 Å². The molecular weight excluding hydrogens is 636 g/mol. The van der Waals surface area contributed by atoms with E-state index in [0.29, 0.717) is 31.6 Å². The maximum Gasteiger partial charge on any atom is 0.303 e. The van der Waals surface area contributed by atoms with E-state index in [2.05, 4.69) is 12.2 Å². The van der Waals surface area contributed by atoms with Crippen molar-refractivity contribution in [3.63, 3.8) is 0 Å². The average Bonchev–Trinajstić information content (AvgIpc) is 3.11. The van der Waals surface area contributed by atoms with Crippen LogP contribution in [0.5, 0.6) is 5.75 Å². The largest absolute Gasteiger partial charge is 0.508 e. The number of aliphatic hydroxyl groups excluding tert-OH is 2. The predicted octanol–water partition coefficient (Wildman–Crippen LogP) is 5.88. The van der Waals surface area contributed by atoms with E-state index in [9.17, 15) is 24.9 Å². The van der Waals surface area contributed by atoms with Crippen LogP contribution in [0.25, 0.3) is 11.1 Å². The van der Waals surface area contributed by atoms with Crippen LogP contribution in [-0.4, -0.2) is 63.4 Å². The highest BCUT2D eigenvalue weighted by molar-refractivity contribution is 5.77. The smallest absolute Gasteiger partial charge is 0.303 e. The van der Waals surface area contributed by atoms with Gasteiger partial charge in [-0.2, -0.15) is 0 Å². The van der Waals surface area contributed by atoms with Crippen molar-refractivity contribution in [1.29, 1.82) is 0 Å². The summed E-state index contributed by atoms with van der Waals surface area (Å²) in [5, 5.41) is 42.1. The Morgan fingerprint density at radius 2 is 1.62 bits per heavy atom. The monoisotopic (exact) mass is 682 g/mol. The van der Waals surface area contributed by atoms with E-state index in [1.165, 1.54) is 0 Å². The molecule has 10 nitrogen and oxygen atoms in total. The Morgan fingerprint density at radius 3 is 2.32 bits per heavy atom. The fourth-order valence-corrected chi connectivity index (χ4v) is 6.30. The van der Waals surface area contributed by atoms with Gasteiger partial charge in [-0.1, -0.05) is 91.9 Å². The standard InChI is InChI=1S/C40H46N2O8/c1-26-36(24-42(2)23-35(45)31-8-5-9-33(44)21-31)49-40(50-39(26)29-15-13-27(25-43)14-16-29)30-19-17-28(18-20-30)34-10-4-3-7-32(34)22-41-37(46)11-6-12-38(47)48/h3-5,7-10,13-21,26,35-36,39-40,43-45H,6,11-12,22-25H2,1-2H3,(H,41,46)(H,47,48)/t26-,35-,36+,39+,40+/m1/s1. The summed E-state index contributed by atoms with van der Waals surface area (Å²) in [6.07, 6.45) is -1.60. The van der Waals surface area contributed by atoms with Crippen molar-refractivity contribution >= 4 is 11.9 Å². The van der Waals surface area contributed by atoms with E-state index in [1.54, 1.807) is 24.3 Å². The number of ether oxygens (including phenoxy) is 2. The maximum atomic E-state index is 12.3. The van der Waals surface area contributed by atoms with Gasteiger partial charge < -0.3 is 40.1 Å². The first-order valence-electron chi connectivity index (χ1n) is 16.9. The number of hydrogen-bond acceptors (Lipinski definition) is 8. The number of nitrogens with zero attached hydrogens (tertiary/aromatic N) is 1. The number of amides is 1. The van der Waals surface area contributed by atoms with Crippen LogP contribution in [0.2, 0.25) is 0 Å². The molecule has 4 aromatic carbocycles. The lowest BCUT2D eigenvalue weighted by molar-refractivity contribution is -0.276. The second-order valence-corrected chi connectivity index (χ2v) is 13.0. The fraction of sp³-hybridized carbons (Fsp3) is 0.350. The van der Waals surface area contributed by atoms with Gasteiger partial charge in [-0.25, -0.2) is 0 Å². The van der Waals surface area contributed by atoms with Gasteiger partial charge in [-0.15, -0.1) is 0 Å². The average molecular weight is 683 g/mol. The summed E-state index contributed by atoms with van der Waals surface area (Å²) in [6.45, 7) is 3.24. The lowest BCUT2D eigenvalue weighted by atomic mass is 9.90. The SMILES string of the molecule is C[C@@H]1[C@H](CN(C)C[C@@H](O)c2cccc(O)c2)O[C@H](c2ccc(-c3ccccc3CNC(=O)CCCC(=O)O)cc2)O[C@@H]1c1ccc(CO)cc1. The summed E-state index contributed by atoms with van der Waals surface area (Å²) in [6, 6.07) is 30.2. The van der Waals surface area contributed by atoms with Gasteiger partial charge in [-0.05, 0) is 59.0 Å². The van der Waals surface area contributed by atoms with Gasteiger partial charge in [0.05, 0.1) is 24.9 Å². The van der Waals surface area contributed by atoms with Crippen LogP contribution in [0.4, 0.5) is 0 Å². The maximum absolute atomic E-state index is 12.3. The molecule has 0 aliphatic carbocycles. The minimum Gasteiger partial charge on any atom is -0.508 e. The minimum atomic E-state index is -0.915. The van der Waals surface area contributed by atoms with Crippen molar-refractivity contribution in [2.24, 2.45) is 5.92 Å². The third kappa shape index (κ3) is 9.77. The van der Waals surface area contributed by atoms with Gasteiger partial charge >= 0.3 is 5.97 Å². The van der Waals surface area contributed by atoms with Crippen LogP contribution in [0, 0.1) is 5.92 Å². The molecule has 0 saturated carbocycles. The number of aliphatic carboxylic acids is 1. The highest BCUT2D eigenvalue weighted by Gasteiger charge is 2.39. The van der Waals surface area contributed by atoms with Crippen LogP contribution < -0.4 is 5.32 Å². The first kappa shape index (κ1) is 36.7. The summed E-state index contributed by atoms with van der Waals surface area (Å²) < 4.78 is 13.3. The molecule has 1 aliphatic rings. The zero-order valence-electron chi connectivity index (χ0n) is 28.4. The first-order valence-corrected chi connectivity index (χ1v) is 16.9. The lowest BCUT2D eigenvalue weighted by Crippen LogP contribution is -2.44. The molecule has 4 aromatic rings. The predicted molar refractivity (Wildman–Crippen MR) is 189 cm³/mol. The minimum absolute atomic E-state index is 0.0403. The molecule has 0 unspecified atom stereocenters. The van der Waals surface area contributed by atoms with Gasteiger partial charge in [-0.3, -0.25) is 9.59 Å². The topological polar surface area (TPSA) is 149 Å². The van der Waals surface area contributed by atoms with E-state index in [0.717, 1.165) is 33.4 Å². The zero-order chi connectivity index (χ0) is 35.6. The van der Waals surface area contributed by atoms with Crippen molar-refractivity contribution in [2.45, 2.75) is 63.9 Å². The Balaban J connectivity index is 1.32. The molecular formula is C40H46N2O8. The molecule has 1 heterocycles. The quantitative estimate of drug-likeness (QED) is 0.104. The van der Waals surface area contributed by atoms with Crippen LogP contribution in [0.15, 0.2) is 97.1 Å². The Hall–Kier alpha value is -4.58. The highest BCUT2D eigenvalue weighted by Crippen LogP contribution is 2.42. The molecule has 5 rings (SSSR count). The third-order valence-electron chi connectivity index (χ3n) is 9.14. The summed E-state index contributed by atoms with van der Waals surface area (Å²) in [5.41, 5.74) is 6.14. The van der Waals surface area contributed by atoms with Crippen LogP contribution in [0.3, 0.4) is 0 Å². The van der Waals surface area contributed by atoms with E-state index in [-0.39, 0.29) is 49.2 Å². The van der Waals surface area contributed by atoms with Crippen LogP contribution >= 0.6 is 0 Å². The van der Waals surface area contributed by atoms with E-state index >= 15 is 0 Å². The van der Waals surface area contributed by atoms with Crippen molar-refractivity contribution < 1.29 is 39.5 Å². The first-order chi connectivity index (χ1) is 24.1. The number of carbonyl (C=O) groups excluding carboxylic acids is 1. The molecule has 0 radical (unpaired) electrons.